The average Bonchev–Trinajstić information content (AvgIpc) is 3.24. The Morgan fingerprint density at radius 3 is 2.79 bits per heavy atom. The number of aromatic nitrogens is 1. The molecule has 2 aromatic carbocycles. The Morgan fingerprint density at radius 2 is 2.10 bits per heavy atom. The zero-order valence-electron chi connectivity index (χ0n) is 15.3. The molecule has 3 aromatic rings. The van der Waals surface area contributed by atoms with E-state index in [9.17, 15) is 20.0 Å². The lowest BCUT2D eigenvalue weighted by Crippen LogP contribution is -2.23. The van der Waals surface area contributed by atoms with Gasteiger partial charge in [-0.1, -0.05) is 0 Å². The van der Waals surface area contributed by atoms with Crippen molar-refractivity contribution in [3.8, 4) is 17.2 Å². The van der Waals surface area contributed by atoms with E-state index in [4.69, 9.17) is 9.47 Å². The summed E-state index contributed by atoms with van der Waals surface area (Å²) in [7, 11) is 1.47. The molecule has 2 N–H and O–H groups in total. The normalized spacial score (nSPS) is 10.4. The summed E-state index contributed by atoms with van der Waals surface area (Å²) < 4.78 is 11.0. The largest absolute Gasteiger partial charge is 0.508 e. The zero-order valence-corrected chi connectivity index (χ0v) is 16.1. The number of non-ortho nitro benzene ring substituents is 1. The molecule has 3 rings (SSSR count). The Balaban J connectivity index is 1.68. The van der Waals surface area contributed by atoms with Crippen LogP contribution in [-0.2, 0) is 13.2 Å². The lowest BCUT2D eigenvalue weighted by Gasteiger charge is -2.12. The highest BCUT2D eigenvalue weighted by Gasteiger charge is 2.14. The predicted octanol–water partition coefficient (Wildman–Crippen LogP) is 3.27. The fraction of sp³-hybridized carbons (Fsp3) is 0.158. The number of hydrogen-bond acceptors (Lipinski definition) is 8. The molecule has 29 heavy (non-hydrogen) atoms. The van der Waals surface area contributed by atoms with E-state index in [1.54, 1.807) is 17.6 Å². The minimum atomic E-state index is -0.569. The van der Waals surface area contributed by atoms with Crippen LogP contribution >= 0.6 is 11.3 Å². The number of rotatable bonds is 8. The molecular weight excluding hydrogens is 398 g/mol. The number of carbonyl (C=O) groups is 1. The Morgan fingerprint density at radius 1 is 1.28 bits per heavy atom. The Bertz CT molecular complexity index is 1020. The van der Waals surface area contributed by atoms with Gasteiger partial charge in [-0.15, -0.1) is 11.3 Å². The van der Waals surface area contributed by atoms with Crippen molar-refractivity contribution in [1.29, 1.82) is 0 Å². The van der Waals surface area contributed by atoms with E-state index in [1.807, 2.05) is 5.38 Å². The molecule has 1 aromatic heterocycles. The predicted molar refractivity (Wildman–Crippen MR) is 105 cm³/mol. The van der Waals surface area contributed by atoms with E-state index in [1.165, 1.54) is 42.7 Å². The van der Waals surface area contributed by atoms with E-state index in [2.05, 4.69) is 10.3 Å². The number of benzene rings is 2. The van der Waals surface area contributed by atoms with E-state index in [0.717, 1.165) is 5.69 Å². The van der Waals surface area contributed by atoms with Crippen molar-refractivity contribution in [1.82, 2.24) is 10.3 Å². The van der Waals surface area contributed by atoms with Crippen LogP contribution in [0.1, 0.15) is 21.6 Å². The summed E-state index contributed by atoms with van der Waals surface area (Å²) in [5.74, 6) is 0.277. The summed E-state index contributed by atoms with van der Waals surface area (Å²) in [5.41, 5.74) is 2.88. The van der Waals surface area contributed by atoms with Crippen molar-refractivity contribution in [2.75, 3.05) is 7.11 Å². The highest BCUT2D eigenvalue weighted by molar-refractivity contribution is 7.07. The van der Waals surface area contributed by atoms with Gasteiger partial charge in [0.15, 0.2) is 11.5 Å². The van der Waals surface area contributed by atoms with Crippen molar-refractivity contribution in [2.24, 2.45) is 0 Å². The van der Waals surface area contributed by atoms with Crippen molar-refractivity contribution < 1.29 is 24.3 Å². The minimum absolute atomic E-state index is 0.0727. The molecule has 9 nitrogen and oxygen atoms in total. The zero-order chi connectivity index (χ0) is 20.8. The molecule has 1 amide bonds. The van der Waals surface area contributed by atoms with Crippen LogP contribution in [0.2, 0.25) is 0 Å². The monoisotopic (exact) mass is 415 g/mol. The molecule has 0 saturated carbocycles. The van der Waals surface area contributed by atoms with Gasteiger partial charge in [0.05, 0.1) is 23.2 Å². The number of nitro groups is 1. The van der Waals surface area contributed by atoms with Gasteiger partial charge in [0, 0.05) is 35.2 Å². The van der Waals surface area contributed by atoms with Crippen LogP contribution in [-0.4, -0.2) is 28.0 Å². The number of amides is 1. The first-order valence-electron chi connectivity index (χ1n) is 8.40. The lowest BCUT2D eigenvalue weighted by atomic mass is 10.1. The van der Waals surface area contributed by atoms with Crippen LogP contribution in [0.4, 0.5) is 5.69 Å². The Hall–Kier alpha value is -3.66. The maximum Gasteiger partial charge on any atom is 0.270 e. The van der Waals surface area contributed by atoms with Gasteiger partial charge in [-0.2, -0.15) is 0 Å². The summed E-state index contributed by atoms with van der Waals surface area (Å²) in [6, 6.07) is 8.34. The summed E-state index contributed by atoms with van der Waals surface area (Å²) in [5, 5.41) is 25.2. The Kier molecular flexibility index (Phi) is 6.25. The van der Waals surface area contributed by atoms with Crippen molar-refractivity contribution in [3.05, 3.63) is 74.2 Å². The molecule has 0 radical (unpaired) electrons. The smallest absolute Gasteiger partial charge is 0.270 e. The van der Waals surface area contributed by atoms with Crippen LogP contribution in [0, 0.1) is 10.1 Å². The van der Waals surface area contributed by atoms with Crippen LogP contribution in [0.5, 0.6) is 17.2 Å². The minimum Gasteiger partial charge on any atom is -0.508 e. The number of hydrogen-bond donors (Lipinski definition) is 2. The molecule has 0 fully saturated rings. The molecule has 0 saturated heterocycles. The highest BCUT2D eigenvalue weighted by atomic mass is 32.1. The van der Waals surface area contributed by atoms with Crippen LogP contribution in [0.3, 0.4) is 0 Å². The third-order valence-corrected chi connectivity index (χ3v) is 4.63. The number of methoxy groups -OCH3 is 1. The van der Waals surface area contributed by atoms with Gasteiger partial charge in [-0.3, -0.25) is 14.9 Å². The maximum atomic E-state index is 12.4. The molecular formula is C19H17N3O6S. The summed E-state index contributed by atoms with van der Waals surface area (Å²) >= 11 is 1.47. The van der Waals surface area contributed by atoms with Crippen molar-refractivity contribution in [2.45, 2.75) is 13.2 Å². The second kappa shape index (κ2) is 9.02. The number of nitro benzene ring substituents is 1. The quantitative estimate of drug-likeness (QED) is 0.427. The molecule has 1 heterocycles. The SMILES string of the molecule is COc1cc(C(=O)NCc2cc([N+](=O)[O-])ccc2O)ccc1OCc1cscn1. The number of thiazole rings is 1. The molecule has 150 valence electrons. The van der Waals surface area contributed by atoms with Crippen LogP contribution < -0.4 is 14.8 Å². The van der Waals surface area contributed by atoms with E-state index < -0.39 is 10.8 Å². The van der Waals surface area contributed by atoms with E-state index >= 15 is 0 Å². The van der Waals surface area contributed by atoms with Gasteiger partial charge in [-0.05, 0) is 24.3 Å². The van der Waals surface area contributed by atoms with Gasteiger partial charge < -0.3 is 19.9 Å². The van der Waals surface area contributed by atoms with Gasteiger partial charge in [0.1, 0.15) is 12.4 Å². The topological polar surface area (TPSA) is 124 Å². The van der Waals surface area contributed by atoms with Crippen LogP contribution in [0.15, 0.2) is 47.3 Å². The number of nitrogens with zero attached hydrogens (tertiary/aromatic N) is 2. The molecule has 0 spiro atoms. The third-order valence-electron chi connectivity index (χ3n) is 4.00. The molecule has 0 aliphatic rings. The number of nitrogens with one attached hydrogen (secondary N) is 1. The first-order chi connectivity index (χ1) is 14.0. The first kappa shape index (κ1) is 20.1. The summed E-state index contributed by atoms with van der Waals surface area (Å²) in [4.78, 5) is 26.9. The van der Waals surface area contributed by atoms with Gasteiger partial charge in [-0.25, -0.2) is 4.98 Å². The fourth-order valence-electron chi connectivity index (χ4n) is 2.49. The molecule has 0 bridgehead atoms. The number of carbonyl (C=O) groups excluding carboxylic acids is 1. The lowest BCUT2D eigenvalue weighted by molar-refractivity contribution is -0.384. The highest BCUT2D eigenvalue weighted by Crippen LogP contribution is 2.29. The molecule has 0 atom stereocenters. The fourth-order valence-corrected chi connectivity index (χ4v) is 3.04. The number of phenols is 1. The van der Waals surface area contributed by atoms with Crippen molar-refractivity contribution >= 4 is 22.9 Å². The summed E-state index contributed by atoms with van der Waals surface area (Å²) in [6.07, 6.45) is 0. The van der Waals surface area contributed by atoms with E-state index in [0.29, 0.717) is 17.1 Å². The van der Waals surface area contributed by atoms with Gasteiger partial charge in [0.25, 0.3) is 11.6 Å². The average molecular weight is 415 g/mol. The van der Waals surface area contributed by atoms with E-state index in [-0.39, 0.29) is 30.2 Å². The third kappa shape index (κ3) is 4.99. The molecule has 0 unspecified atom stereocenters. The molecule has 0 aliphatic carbocycles. The summed E-state index contributed by atoms with van der Waals surface area (Å²) in [6.45, 7) is 0.203. The number of phenolic OH excluding ortho intramolecular Hbond substituents is 1. The van der Waals surface area contributed by atoms with Gasteiger partial charge >= 0.3 is 0 Å². The first-order valence-corrected chi connectivity index (χ1v) is 9.34. The van der Waals surface area contributed by atoms with Crippen LogP contribution in [0.25, 0.3) is 0 Å². The second-order valence-corrected chi connectivity index (χ2v) is 6.61. The van der Waals surface area contributed by atoms with Crippen molar-refractivity contribution in [3.63, 3.8) is 0 Å². The maximum absolute atomic E-state index is 12.4. The number of ether oxygens (including phenoxy) is 2. The second-order valence-electron chi connectivity index (χ2n) is 5.89. The standard InChI is InChI=1S/C19H17N3O6S/c1-27-18-7-12(2-5-17(18)28-9-14-10-29-11-21-14)19(24)20-8-13-6-15(22(25)26)3-4-16(13)23/h2-7,10-11,23H,8-9H2,1H3,(H,20,24). The Labute approximate surface area is 169 Å². The molecule has 10 heteroatoms. The van der Waals surface area contributed by atoms with Gasteiger partial charge in [0.2, 0.25) is 0 Å². The molecule has 0 aliphatic heterocycles. The number of aromatic hydroxyl groups is 1.